The van der Waals surface area contributed by atoms with Gasteiger partial charge in [0, 0.05) is 17.3 Å². The molecule has 3 unspecified atom stereocenters. The highest BCUT2D eigenvalue weighted by Gasteiger charge is 2.29. The number of hydrogen-bond donors (Lipinski definition) is 3. The molecule has 0 saturated carbocycles. The summed E-state index contributed by atoms with van der Waals surface area (Å²) in [5.74, 6) is -0.0579. The summed E-state index contributed by atoms with van der Waals surface area (Å²) in [6.45, 7) is 2.04. The Bertz CT molecular complexity index is 679. The zero-order valence-electron chi connectivity index (χ0n) is 12.8. The highest BCUT2D eigenvalue weighted by molar-refractivity contribution is 6.30. The first kappa shape index (κ1) is 15.9. The lowest BCUT2D eigenvalue weighted by molar-refractivity contribution is -0.123. The van der Waals surface area contributed by atoms with E-state index in [4.69, 9.17) is 11.6 Å². The molecule has 0 aliphatic carbocycles. The third-order valence-corrected chi connectivity index (χ3v) is 4.10. The van der Waals surface area contributed by atoms with Crippen molar-refractivity contribution in [2.24, 2.45) is 0 Å². The van der Waals surface area contributed by atoms with Crippen molar-refractivity contribution < 1.29 is 4.79 Å². The second kappa shape index (κ2) is 7.08. The Balaban J connectivity index is 1.85. The van der Waals surface area contributed by atoms with Gasteiger partial charge in [0.15, 0.2) is 0 Å². The molecule has 6 heteroatoms. The maximum absolute atomic E-state index is 12.6. The average molecular weight is 331 g/mol. The van der Waals surface area contributed by atoms with Crippen LogP contribution < -0.4 is 16.2 Å². The number of carbonyl (C=O) groups is 1. The van der Waals surface area contributed by atoms with E-state index in [1.165, 1.54) is 0 Å². The van der Waals surface area contributed by atoms with Crippen LogP contribution in [0.4, 0.5) is 0 Å². The Labute approximate surface area is 140 Å². The first-order valence-electron chi connectivity index (χ1n) is 7.61. The Morgan fingerprint density at radius 2 is 2.17 bits per heavy atom. The minimum absolute atomic E-state index is 0.0579. The van der Waals surface area contributed by atoms with Crippen molar-refractivity contribution in [3.63, 3.8) is 0 Å². The fraction of sp³-hybridized carbons (Fsp3) is 0.294. The third-order valence-electron chi connectivity index (χ3n) is 3.86. The van der Waals surface area contributed by atoms with Crippen LogP contribution in [0.3, 0.4) is 0 Å². The summed E-state index contributed by atoms with van der Waals surface area (Å²) < 4.78 is 0. The molecule has 1 saturated heterocycles. The topological polar surface area (TPSA) is 66.0 Å². The molecule has 3 atom stereocenters. The Kier molecular flexibility index (Phi) is 4.91. The van der Waals surface area contributed by atoms with Gasteiger partial charge in [-0.15, -0.1) is 0 Å². The van der Waals surface area contributed by atoms with Gasteiger partial charge in [0.1, 0.15) is 6.04 Å². The van der Waals surface area contributed by atoms with Crippen molar-refractivity contribution in [2.75, 3.05) is 0 Å². The third kappa shape index (κ3) is 3.88. The molecule has 1 aromatic heterocycles. The van der Waals surface area contributed by atoms with E-state index in [0.717, 1.165) is 17.7 Å². The SMILES string of the molecule is CC1CC(C(=O)NC(c2cccc(Cl)c2)c2ccccn2)NN1. The highest BCUT2D eigenvalue weighted by atomic mass is 35.5. The van der Waals surface area contributed by atoms with Gasteiger partial charge in [-0.25, -0.2) is 5.43 Å². The summed E-state index contributed by atoms with van der Waals surface area (Å²) in [5.41, 5.74) is 7.77. The minimum atomic E-state index is -0.333. The molecule has 1 aromatic carbocycles. The number of nitrogens with one attached hydrogen (secondary N) is 3. The van der Waals surface area contributed by atoms with Crippen LogP contribution in [0.15, 0.2) is 48.7 Å². The summed E-state index contributed by atoms with van der Waals surface area (Å²) in [6, 6.07) is 12.8. The summed E-state index contributed by atoms with van der Waals surface area (Å²) >= 11 is 6.10. The van der Waals surface area contributed by atoms with Crippen LogP contribution in [0.5, 0.6) is 0 Å². The van der Waals surface area contributed by atoms with Crippen molar-refractivity contribution in [3.8, 4) is 0 Å². The molecule has 5 nitrogen and oxygen atoms in total. The zero-order valence-corrected chi connectivity index (χ0v) is 13.5. The predicted octanol–water partition coefficient (Wildman–Crippen LogP) is 2.20. The normalized spacial score (nSPS) is 21.8. The molecule has 2 heterocycles. The number of nitrogens with zero attached hydrogens (tertiary/aromatic N) is 1. The van der Waals surface area contributed by atoms with E-state index in [1.807, 2.05) is 49.4 Å². The maximum atomic E-state index is 12.6. The number of amides is 1. The smallest absolute Gasteiger partial charge is 0.239 e. The Morgan fingerprint density at radius 3 is 2.83 bits per heavy atom. The van der Waals surface area contributed by atoms with Crippen LogP contribution in [0, 0.1) is 0 Å². The molecule has 1 aliphatic heterocycles. The maximum Gasteiger partial charge on any atom is 0.239 e. The number of carbonyl (C=O) groups excluding carboxylic acids is 1. The standard InChI is InChI=1S/C17H19ClN4O/c1-11-9-15(22-21-11)17(23)20-16(14-7-2-3-8-19-14)12-5-4-6-13(18)10-12/h2-8,10-11,15-16,21-22H,9H2,1H3,(H,20,23). The van der Waals surface area contributed by atoms with E-state index in [2.05, 4.69) is 21.2 Å². The van der Waals surface area contributed by atoms with Gasteiger partial charge in [0.2, 0.25) is 5.91 Å². The molecular formula is C17H19ClN4O. The second-order valence-corrected chi connectivity index (χ2v) is 6.17. The number of benzene rings is 1. The molecule has 1 aliphatic rings. The van der Waals surface area contributed by atoms with E-state index >= 15 is 0 Å². The summed E-state index contributed by atoms with van der Waals surface area (Å²) in [4.78, 5) is 16.9. The van der Waals surface area contributed by atoms with Crippen LogP contribution in [0.2, 0.25) is 5.02 Å². The molecule has 3 N–H and O–H groups in total. The first-order chi connectivity index (χ1) is 11.1. The van der Waals surface area contributed by atoms with Gasteiger partial charge in [-0.05, 0) is 43.2 Å². The number of hydrazine groups is 1. The van der Waals surface area contributed by atoms with Gasteiger partial charge < -0.3 is 5.32 Å². The lowest BCUT2D eigenvalue weighted by atomic mass is 10.0. The largest absolute Gasteiger partial charge is 0.342 e. The number of halogens is 1. The van der Waals surface area contributed by atoms with Crippen LogP contribution in [-0.2, 0) is 4.79 Å². The second-order valence-electron chi connectivity index (χ2n) is 5.73. The quantitative estimate of drug-likeness (QED) is 0.804. The number of pyridine rings is 1. The van der Waals surface area contributed by atoms with Crippen LogP contribution in [-0.4, -0.2) is 23.0 Å². The molecule has 3 rings (SSSR count). The molecule has 120 valence electrons. The fourth-order valence-corrected chi connectivity index (χ4v) is 2.89. The van der Waals surface area contributed by atoms with E-state index in [9.17, 15) is 4.79 Å². The highest BCUT2D eigenvalue weighted by Crippen LogP contribution is 2.23. The first-order valence-corrected chi connectivity index (χ1v) is 7.99. The van der Waals surface area contributed by atoms with E-state index < -0.39 is 0 Å². The monoisotopic (exact) mass is 330 g/mol. The van der Waals surface area contributed by atoms with Crippen molar-refractivity contribution >= 4 is 17.5 Å². The average Bonchev–Trinajstić information content (AvgIpc) is 3.00. The molecule has 23 heavy (non-hydrogen) atoms. The molecule has 0 bridgehead atoms. The van der Waals surface area contributed by atoms with Crippen molar-refractivity contribution in [3.05, 3.63) is 64.9 Å². The number of hydrogen-bond acceptors (Lipinski definition) is 4. The van der Waals surface area contributed by atoms with E-state index in [1.54, 1.807) is 6.20 Å². The van der Waals surface area contributed by atoms with Crippen LogP contribution in [0.1, 0.15) is 30.6 Å². The van der Waals surface area contributed by atoms with E-state index in [0.29, 0.717) is 5.02 Å². The molecule has 2 aromatic rings. The number of rotatable bonds is 4. The molecular weight excluding hydrogens is 312 g/mol. The zero-order chi connectivity index (χ0) is 16.2. The van der Waals surface area contributed by atoms with Crippen molar-refractivity contribution in [1.29, 1.82) is 0 Å². The lowest BCUT2D eigenvalue weighted by Gasteiger charge is -2.21. The van der Waals surface area contributed by atoms with Crippen LogP contribution in [0.25, 0.3) is 0 Å². The molecule has 1 amide bonds. The molecule has 1 fully saturated rings. The molecule has 0 spiro atoms. The Morgan fingerprint density at radius 1 is 1.30 bits per heavy atom. The lowest BCUT2D eigenvalue weighted by Crippen LogP contribution is -2.44. The number of aromatic nitrogens is 1. The fourth-order valence-electron chi connectivity index (χ4n) is 2.69. The van der Waals surface area contributed by atoms with Crippen molar-refractivity contribution in [1.82, 2.24) is 21.2 Å². The minimum Gasteiger partial charge on any atom is -0.342 e. The summed E-state index contributed by atoms with van der Waals surface area (Å²) in [7, 11) is 0. The van der Waals surface area contributed by atoms with Crippen LogP contribution >= 0.6 is 11.6 Å². The van der Waals surface area contributed by atoms with Gasteiger partial charge in [-0.3, -0.25) is 15.2 Å². The Hall–Kier alpha value is -1.95. The van der Waals surface area contributed by atoms with Gasteiger partial charge in [0.05, 0.1) is 11.7 Å². The van der Waals surface area contributed by atoms with Gasteiger partial charge in [-0.1, -0.05) is 29.8 Å². The van der Waals surface area contributed by atoms with Crippen molar-refractivity contribution in [2.45, 2.75) is 31.5 Å². The van der Waals surface area contributed by atoms with Gasteiger partial charge in [-0.2, -0.15) is 0 Å². The molecule has 0 radical (unpaired) electrons. The predicted molar refractivity (Wildman–Crippen MR) is 89.8 cm³/mol. The summed E-state index contributed by atoms with van der Waals surface area (Å²) in [5, 5.41) is 3.71. The summed E-state index contributed by atoms with van der Waals surface area (Å²) in [6.07, 6.45) is 2.47. The van der Waals surface area contributed by atoms with Gasteiger partial charge in [0.25, 0.3) is 0 Å². The van der Waals surface area contributed by atoms with E-state index in [-0.39, 0.29) is 24.0 Å². The van der Waals surface area contributed by atoms with Gasteiger partial charge >= 0.3 is 0 Å².